The van der Waals surface area contributed by atoms with Gasteiger partial charge in [-0.25, -0.2) is 0 Å². The standard InChI is InChI=1S/C3H3N2PS2/c1-8-6(7,2-4)3-5/h1H3. The van der Waals surface area contributed by atoms with Crippen LogP contribution >= 0.6 is 16.6 Å². The van der Waals surface area contributed by atoms with E-state index in [2.05, 4.69) is 11.8 Å². The molecule has 0 atom stereocenters. The molecular weight excluding hydrogens is 159 g/mol. The van der Waals surface area contributed by atoms with Gasteiger partial charge < -0.3 is 0 Å². The second kappa shape index (κ2) is 3.10. The predicted octanol–water partition coefficient (Wildman–Crippen LogP) is 1.71. The van der Waals surface area contributed by atoms with Gasteiger partial charge in [0.25, 0.3) is 0 Å². The summed E-state index contributed by atoms with van der Waals surface area (Å²) in [4.78, 5) is 0. The molecule has 0 aliphatic carbocycles. The maximum absolute atomic E-state index is 8.24. The molecule has 0 N–H and O–H groups in total. The molecule has 0 heterocycles. The van der Waals surface area contributed by atoms with Crippen molar-refractivity contribution >= 4 is 28.4 Å². The van der Waals surface area contributed by atoms with Crippen molar-refractivity contribution in [2.45, 2.75) is 0 Å². The van der Waals surface area contributed by atoms with Gasteiger partial charge >= 0.3 is 0 Å². The minimum Gasteiger partial charge on any atom is -0.191 e. The molecule has 0 spiro atoms. The zero-order chi connectivity index (χ0) is 6.62. The van der Waals surface area contributed by atoms with Crippen molar-refractivity contribution in [2.24, 2.45) is 0 Å². The fourth-order valence-corrected chi connectivity index (χ4v) is 0.802. The molecule has 0 saturated heterocycles. The van der Waals surface area contributed by atoms with Crippen molar-refractivity contribution in [1.82, 2.24) is 0 Å². The fraction of sp³-hybridized carbons (Fsp3) is 0.333. The van der Waals surface area contributed by atoms with Gasteiger partial charge in [0.2, 0.25) is 0 Å². The largest absolute Gasteiger partial charge is 0.195 e. The minimum absolute atomic E-state index is 1.18. The van der Waals surface area contributed by atoms with E-state index in [0.29, 0.717) is 0 Å². The second-order valence-corrected chi connectivity index (χ2v) is 7.88. The van der Waals surface area contributed by atoms with E-state index >= 15 is 0 Å². The Labute approximate surface area is 57.2 Å². The molecule has 0 aliphatic heterocycles. The molecule has 0 unspecified atom stereocenters. The number of hydrogen-bond donors (Lipinski definition) is 0. The van der Waals surface area contributed by atoms with Gasteiger partial charge in [0, 0.05) is 0 Å². The molecule has 0 rings (SSSR count). The first-order chi connectivity index (χ1) is 3.68. The molecule has 0 radical (unpaired) electrons. The molecule has 8 heavy (non-hydrogen) atoms. The van der Waals surface area contributed by atoms with Gasteiger partial charge in [0.05, 0.1) is 0 Å². The summed E-state index contributed by atoms with van der Waals surface area (Å²) in [5.74, 6) is 3.61. The topological polar surface area (TPSA) is 47.6 Å². The van der Waals surface area contributed by atoms with Crippen molar-refractivity contribution < 1.29 is 0 Å². The van der Waals surface area contributed by atoms with Crippen LogP contribution < -0.4 is 0 Å². The van der Waals surface area contributed by atoms with E-state index in [1.807, 2.05) is 0 Å². The Hall–Kier alpha value is -0.0200. The van der Waals surface area contributed by atoms with E-state index in [1.54, 1.807) is 17.9 Å². The van der Waals surface area contributed by atoms with Crippen molar-refractivity contribution in [2.75, 3.05) is 6.26 Å². The minimum atomic E-state index is -2.30. The van der Waals surface area contributed by atoms with E-state index in [0.717, 1.165) is 0 Å². The SMILES string of the molecule is CSP(=S)(C#N)C#N. The summed E-state index contributed by atoms with van der Waals surface area (Å²) in [5, 5.41) is 14.2. The van der Waals surface area contributed by atoms with Crippen LogP contribution in [0.25, 0.3) is 0 Å². The third-order valence-electron chi connectivity index (χ3n) is 0.520. The molecule has 0 bridgehead atoms. The van der Waals surface area contributed by atoms with Gasteiger partial charge in [-0.05, 0) is 6.26 Å². The highest BCUT2D eigenvalue weighted by molar-refractivity contribution is 8.73. The van der Waals surface area contributed by atoms with Crippen LogP contribution in [0.3, 0.4) is 0 Å². The lowest BCUT2D eigenvalue weighted by Gasteiger charge is -1.92. The van der Waals surface area contributed by atoms with Crippen LogP contribution in [0.2, 0.25) is 0 Å². The van der Waals surface area contributed by atoms with Crippen LogP contribution in [0.15, 0.2) is 0 Å². The van der Waals surface area contributed by atoms with Crippen LogP contribution in [0, 0.1) is 22.1 Å². The zero-order valence-electron chi connectivity index (χ0n) is 4.16. The van der Waals surface area contributed by atoms with Crippen LogP contribution in [-0.2, 0) is 11.8 Å². The third-order valence-corrected chi connectivity index (χ3v) is 5.43. The highest BCUT2D eigenvalue weighted by atomic mass is 32.9. The molecule has 0 aromatic rings. The molecular formula is C3H3N2PS2. The van der Waals surface area contributed by atoms with Gasteiger partial charge in [-0.3, -0.25) is 0 Å². The quantitative estimate of drug-likeness (QED) is 0.550. The maximum atomic E-state index is 8.24. The van der Waals surface area contributed by atoms with Gasteiger partial charge in [-0.2, -0.15) is 10.5 Å². The molecule has 0 fully saturated rings. The Kier molecular flexibility index (Phi) is 3.09. The van der Waals surface area contributed by atoms with Crippen LogP contribution in [0.5, 0.6) is 0 Å². The first-order valence-corrected chi connectivity index (χ1v) is 6.30. The number of rotatable bonds is 1. The zero-order valence-corrected chi connectivity index (χ0v) is 6.69. The first kappa shape index (κ1) is 7.98. The molecule has 0 aliphatic rings. The van der Waals surface area contributed by atoms with Crippen LogP contribution in [0.4, 0.5) is 0 Å². The van der Waals surface area contributed by atoms with Crippen LogP contribution in [-0.4, -0.2) is 6.26 Å². The smallest absolute Gasteiger partial charge is 0.191 e. The van der Waals surface area contributed by atoms with Gasteiger partial charge in [-0.15, -0.1) is 11.4 Å². The van der Waals surface area contributed by atoms with E-state index < -0.39 is 5.24 Å². The fourth-order valence-electron chi connectivity index (χ4n) is 0.104. The van der Waals surface area contributed by atoms with E-state index in [4.69, 9.17) is 10.5 Å². The summed E-state index contributed by atoms with van der Waals surface area (Å²) in [6.45, 7) is 0. The lowest BCUT2D eigenvalue weighted by molar-refractivity contribution is 1.55. The number of nitriles is 2. The Morgan fingerprint density at radius 2 is 1.88 bits per heavy atom. The average molecular weight is 162 g/mol. The summed E-state index contributed by atoms with van der Waals surface area (Å²) >= 11 is 5.83. The normalized spacial score (nSPS) is 9.38. The third kappa shape index (κ3) is 1.84. The Morgan fingerprint density at radius 1 is 1.50 bits per heavy atom. The van der Waals surface area contributed by atoms with Gasteiger partial charge in [-0.1, -0.05) is 11.8 Å². The first-order valence-electron chi connectivity index (χ1n) is 1.67. The van der Waals surface area contributed by atoms with E-state index in [1.165, 1.54) is 11.4 Å². The Balaban J connectivity index is 4.38. The molecule has 0 aromatic carbocycles. The van der Waals surface area contributed by atoms with Crippen molar-refractivity contribution in [1.29, 1.82) is 10.5 Å². The summed E-state index contributed by atoms with van der Waals surface area (Å²) in [6, 6.07) is 0. The molecule has 5 heteroatoms. The summed E-state index contributed by atoms with van der Waals surface area (Å²) < 4.78 is 0. The van der Waals surface area contributed by atoms with Crippen molar-refractivity contribution in [3.8, 4) is 11.6 Å². The summed E-state index contributed by atoms with van der Waals surface area (Å²) in [6.07, 6.45) is 1.69. The predicted molar refractivity (Wildman–Crippen MR) is 39.0 cm³/mol. The van der Waals surface area contributed by atoms with Gasteiger partial charge in [0.1, 0.15) is 11.6 Å². The number of nitrogens with zero attached hydrogens (tertiary/aromatic N) is 2. The lowest BCUT2D eigenvalue weighted by atomic mass is 11.8. The highest BCUT2D eigenvalue weighted by Gasteiger charge is 2.10. The van der Waals surface area contributed by atoms with Crippen molar-refractivity contribution in [3.05, 3.63) is 0 Å². The molecule has 0 amide bonds. The monoisotopic (exact) mass is 162 g/mol. The maximum Gasteiger partial charge on any atom is 0.195 e. The van der Waals surface area contributed by atoms with Gasteiger partial charge in [0.15, 0.2) is 5.24 Å². The molecule has 0 aromatic heterocycles. The lowest BCUT2D eigenvalue weighted by Crippen LogP contribution is -1.58. The molecule has 42 valence electrons. The van der Waals surface area contributed by atoms with Crippen LogP contribution in [0.1, 0.15) is 0 Å². The van der Waals surface area contributed by atoms with E-state index in [-0.39, 0.29) is 0 Å². The summed E-state index contributed by atoms with van der Waals surface area (Å²) in [7, 11) is 0. The molecule has 0 saturated carbocycles. The Bertz CT molecular complexity index is 180. The highest BCUT2D eigenvalue weighted by Crippen LogP contribution is 2.54. The summed E-state index contributed by atoms with van der Waals surface area (Å²) in [5.41, 5.74) is 0. The molecule has 2 nitrogen and oxygen atoms in total. The van der Waals surface area contributed by atoms with E-state index in [9.17, 15) is 0 Å². The average Bonchev–Trinajstić information content (AvgIpc) is 1.87. The number of hydrogen-bond acceptors (Lipinski definition) is 4. The second-order valence-electron chi connectivity index (χ2n) is 0.934. The van der Waals surface area contributed by atoms with Crippen molar-refractivity contribution in [3.63, 3.8) is 0 Å². The Morgan fingerprint density at radius 3 is 1.88 bits per heavy atom.